The molecule has 0 aromatic heterocycles. The molecule has 0 heterocycles. The monoisotopic (exact) mass is 444 g/mol. The Bertz CT molecular complexity index is 1120. The van der Waals surface area contributed by atoms with Gasteiger partial charge in [-0.25, -0.2) is 13.1 Å². The maximum absolute atomic E-state index is 12.4. The first-order valence-corrected chi connectivity index (χ1v) is 11.0. The van der Waals surface area contributed by atoms with Crippen LogP contribution in [0.2, 0.25) is 5.02 Å². The zero-order valence-corrected chi connectivity index (χ0v) is 17.8. The molecule has 0 saturated carbocycles. The standard InChI is InChI=1S/C22H21ClN2O4S/c1-16-20(23)8-5-9-21(16)25-22(26)15-29-18-10-12-19(13-11-18)30(27,28)24-14-17-6-3-2-4-7-17/h2-13,24H,14-15H2,1H3,(H,25,26). The minimum absolute atomic E-state index is 0.116. The first-order chi connectivity index (χ1) is 14.3. The SMILES string of the molecule is Cc1c(Cl)cccc1NC(=O)COc1ccc(S(=O)(=O)NCc2ccccc2)cc1. The Labute approximate surface area is 180 Å². The van der Waals surface area contributed by atoms with Gasteiger partial charge >= 0.3 is 0 Å². The summed E-state index contributed by atoms with van der Waals surface area (Å²) < 4.78 is 32.8. The van der Waals surface area contributed by atoms with Gasteiger partial charge in [0.2, 0.25) is 10.0 Å². The molecule has 8 heteroatoms. The summed E-state index contributed by atoms with van der Waals surface area (Å²) in [7, 11) is -3.65. The molecule has 0 aliphatic heterocycles. The van der Waals surface area contributed by atoms with Crippen molar-refractivity contribution in [3.05, 3.63) is 88.9 Å². The highest BCUT2D eigenvalue weighted by Gasteiger charge is 2.14. The molecular formula is C22H21ClN2O4S. The molecular weight excluding hydrogens is 424 g/mol. The molecule has 3 rings (SSSR count). The third-order valence-electron chi connectivity index (χ3n) is 4.35. The van der Waals surface area contributed by atoms with Gasteiger partial charge in [0.15, 0.2) is 6.61 Å². The van der Waals surface area contributed by atoms with Crippen LogP contribution >= 0.6 is 11.6 Å². The van der Waals surface area contributed by atoms with Gasteiger partial charge in [0.25, 0.3) is 5.91 Å². The summed E-state index contributed by atoms with van der Waals surface area (Å²) >= 11 is 6.04. The van der Waals surface area contributed by atoms with Crippen LogP contribution in [-0.4, -0.2) is 20.9 Å². The van der Waals surface area contributed by atoms with E-state index in [1.165, 1.54) is 24.3 Å². The van der Waals surface area contributed by atoms with Crippen molar-refractivity contribution in [2.24, 2.45) is 0 Å². The molecule has 0 radical (unpaired) electrons. The molecule has 2 N–H and O–H groups in total. The van der Waals surface area contributed by atoms with Crippen LogP contribution in [0.3, 0.4) is 0 Å². The minimum atomic E-state index is -3.65. The lowest BCUT2D eigenvalue weighted by atomic mass is 10.2. The van der Waals surface area contributed by atoms with Gasteiger partial charge < -0.3 is 10.1 Å². The van der Waals surface area contributed by atoms with E-state index < -0.39 is 10.0 Å². The van der Waals surface area contributed by atoms with Crippen molar-refractivity contribution >= 4 is 33.2 Å². The number of amides is 1. The molecule has 0 spiro atoms. The topological polar surface area (TPSA) is 84.5 Å². The fourth-order valence-electron chi connectivity index (χ4n) is 2.65. The van der Waals surface area contributed by atoms with E-state index in [0.29, 0.717) is 16.5 Å². The second kappa shape index (κ2) is 9.75. The van der Waals surface area contributed by atoms with Gasteiger partial charge in [-0.05, 0) is 54.4 Å². The quantitative estimate of drug-likeness (QED) is 0.546. The third-order valence-corrected chi connectivity index (χ3v) is 6.18. The first kappa shape index (κ1) is 21.8. The summed E-state index contributed by atoms with van der Waals surface area (Å²) in [5.74, 6) is 0.0385. The highest BCUT2D eigenvalue weighted by Crippen LogP contribution is 2.23. The predicted molar refractivity (Wildman–Crippen MR) is 117 cm³/mol. The second-order valence-corrected chi connectivity index (χ2v) is 8.70. The van der Waals surface area contributed by atoms with Gasteiger partial charge in [-0.3, -0.25) is 4.79 Å². The average Bonchev–Trinajstić information content (AvgIpc) is 2.75. The van der Waals surface area contributed by atoms with E-state index >= 15 is 0 Å². The van der Waals surface area contributed by atoms with Crippen molar-refractivity contribution in [1.82, 2.24) is 4.72 Å². The van der Waals surface area contributed by atoms with Crippen molar-refractivity contribution in [2.45, 2.75) is 18.4 Å². The number of carbonyl (C=O) groups is 1. The Hall–Kier alpha value is -2.87. The Morgan fingerprint density at radius 3 is 2.37 bits per heavy atom. The van der Waals surface area contributed by atoms with Crippen molar-refractivity contribution in [3.63, 3.8) is 0 Å². The summed E-state index contributed by atoms with van der Waals surface area (Å²) in [4.78, 5) is 12.2. The van der Waals surface area contributed by atoms with Gasteiger partial charge in [-0.2, -0.15) is 0 Å². The number of nitrogens with one attached hydrogen (secondary N) is 2. The van der Waals surface area contributed by atoms with Gasteiger partial charge in [0.05, 0.1) is 4.90 Å². The highest BCUT2D eigenvalue weighted by molar-refractivity contribution is 7.89. The van der Waals surface area contributed by atoms with Gasteiger partial charge in [0.1, 0.15) is 5.75 Å². The number of carbonyl (C=O) groups excluding carboxylic acids is 1. The van der Waals surface area contributed by atoms with Crippen LogP contribution in [0.4, 0.5) is 5.69 Å². The maximum Gasteiger partial charge on any atom is 0.262 e. The molecule has 30 heavy (non-hydrogen) atoms. The van der Waals surface area contributed by atoms with Crippen LogP contribution in [0.25, 0.3) is 0 Å². The average molecular weight is 445 g/mol. The molecule has 0 bridgehead atoms. The third kappa shape index (κ3) is 5.82. The zero-order chi connectivity index (χ0) is 21.6. The normalized spacial score (nSPS) is 11.1. The van der Waals surface area contributed by atoms with E-state index in [4.69, 9.17) is 16.3 Å². The lowest BCUT2D eigenvalue weighted by Gasteiger charge is -2.11. The maximum atomic E-state index is 12.4. The summed E-state index contributed by atoms with van der Waals surface area (Å²) in [6.45, 7) is 1.79. The Morgan fingerprint density at radius 2 is 1.67 bits per heavy atom. The number of anilines is 1. The van der Waals surface area contributed by atoms with Crippen LogP contribution in [0.5, 0.6) is 5.75 Å². The molecule has 1 amide bonds. The lowest BCUT2D eigenvalue weighted by Crippen LogP contribution is -2.23. The van der Waals surface area contributed by atoms with Crippen molar-refractivity contribution < 1.29 is 17.9 Å². The van der Waals surface area contributed by atoms with Crippen LogP contribution in [0.1, 0.15) is 11.1 Å². The largest absolute Gasteiger partial charge is 0.484 e. The molecule has 0 unspecified atom stereocenters. The number of benzene rings is 3. The minimum Gasteiger partial charge on any atom is -0.484 e. The van der Waals surface area contributed by atoms with E-state index in [0.717, 1.165) is 11.1 Å². The van der Waals surface area contributed by atoms with Crippen LogP contribution < -0.4 is 14.8 Å². The van der Waals surface area contributed by atoms with Crippen molar-refractivity contribution in [2.75, 3.05) is 11.9 Å². The van der Waals surface area contributed by atoms with Crippen LogP contribution in [0.15, 0.2) is 77.7 Å². The predicted octanol–water partition coefficient (Wildman–Crippen LogP) is 4.14. The zero-order valence-electron chi connectivity index (χ0n) is 16.3. The van der Waals surface area contributed by atoms with E-state index in [-0.39, 0.29) is 24.0 Å². The Morgan fingerprint density at radius 1 is 0.967 bits per heavy atom. The second-order valence-electron chi connectivity index (χ2n) is 6.53. The number of sulfonamides is 1. The van der Waals surface area contributed by atoms with Crippen molar-refractivity contribution in [1.29, 1.82) is 0 Å². The molecule has 0 aliphatic rings. The number of halogens is 1. The molecule has 3 aromatic carbocycles. The van der Waals surface area contributed by atoms with Crippen molar-refractivity contribution in [3.8, 4) is 5.75 Å². The Balaban J connectivity index is 1.55. The van der Waals surface area contributed by atoms with E-state index in [9.17, 15) is 13.2 Å². The summed E-state index contributed by atoms with van der Waals surface area (Å²) in [5, 5.41) is 3.30. The number of rotatable bonds is 8. The summed E-state index contributed by atoms with van der Waals surface area (Å²) in [6.07, 6.45) is 0. The van der Waals surface area contributed by atoms with Gasteiger partial charge in [-0.1, -0.05) is 48.0 Å². The van der Waals surface area contributed by atoms with E-state index in [1.807, 2.05) is 37.3 Å². The molecule has 0 atom stereocenters. The summed E-state index contributed by atoms with van der Waals surface area (Å²) in [5.41, 5.74) is 2.24. The fraction of sp³-hybridized carbons (Fsp3) is 0.136. The molecule has 0 fully saturated rings. The smallest absolute Gasteiger partial charge is 0.262 e. The molecule has 156 valence electrons. The van der Waals surface area contributed by atoms with Crippen LogP contribution in [-0.2, 0) is 21.4 Å². The fourth-order valence-corrected chi connectivity index (χ4v) is 3.84. The van der Waals surface area contributed by atoms with Gasteiger partial charge in [0, 0.05) is 17.3 Å². The molecule has 3 aromatic rings. The Kier molecular flexibility index (Phi) is 7.10. The van der Waals surface area contributed by atoms with Gasteiger partial charge in [-0.15, -0.1) is 0 Å². The highest BCUT2D eigenvalue weighted by atomic mass is 35.5. The lowest BCUT2D eigenvalue weighted by molar-refractivity contribution is -0.118. The summed E-state index contributed by atoms with van der Waals surface area (Å²) in [6, 6.07) is 20.4. The molecule has 0 aliphatic carbocycles. The number of hydrogen-bond acceptors (Lipinski definition) is 4. The van der Waals surface area contributed by atoms with Crippen LogP contribution in [0, 0.1) is 6.92 Å². The molecule has 0 saturated heterocycles. The molecule has 6 nitrogen and oxygen atoms in total. The number of ether oxygens (including phenoxy) is 1. The number of hydrogen-bond donors (Lipinski definition) is 2. The van der Waals surface area contributed by atoms with E-state index in [2.05, 4.69) is 10.0 Å². The first-order valence-electron chi connectivity index (χ1n) is 9.16. The van der Waals surface area contributed by atoms with E-state index in [1.54, 1.807) is 18.2 Å².